The minimum Gasteiger partial charge on any atom is -0.361 e. The predicted molar refractivity (Wildman–Crippen MR) is 63.3 cm³/mol. The second-order valence-electron chi connectivity index (χ2n) is 3.49. The van der Waals surface area contributed by atoms with Crippen molar-refractivity contribution in [3.8, 4) is 0 Å². The molecule has 88 valence electrons. The number of anilines is 1. The average Bonchev–Trinajstić information content (AvgIpc) is 2.35. The van der Waals surface area contributed by atoms with E-state index in [0.29, 0.717) is 0 Å². The van der Waals surface area contributed by atoms with Gasteiger partial charge in [0, 0.05) is 12.4 Å². The lowest BCUT2D eigenvalue weighted by Gasteiger charge is -2.14. The van der Waals surface area contributed by atoms with Gasteiger partial charge in [0.2, 0.25) is 5.28 Å². The molecule has 0 spiro atoms. The molecule has 2 rings (SSSR count). The highest BCUT2D eigenvalue weighted by atomic mass is 35.5. The SMILES string of the molecule is CC(Nc1nc(Cl)ncc1F)c1cccnc1. The molecule has 0 aliphatic rings. The van der Waals surface area contributed by atoms with Crippen molar-refractivity contribution in [1.82, 2.24) is 15.0 Å². The van der Waals surface area contributed by atoms with Crippen LogP contribution in [-0.4, -0.2) is 15.0 Å². The van der Waals surface area contributed by atoms with Gasteiger partial charge in [0.25, 0.3) is 0 Å². The number of halogens is 2. The fourth-order valence-corrected chi connectivity index (χ4v) is 1.50. The molecule has 0 aromatic carbocycles. The van der Waals surface area contributed by atoms with Gasteiger partial charge >= 0.3 is 0 Å². The van der Waals surface area contributed by atoms with Crippen LogP contribution in [-0.2, 0) is 0 Å². The number of pyridine rings is 1. The number of hydrogen-bond acceptors (Lipinski definition) is 4. The molecule has 0 radical (unpaired) electrons. The largest absolute Gasteiger partial charge is 0.361 e. The zero-order valence-electron chi connectivity index (χ0n) is 9.06. The molecule has 4 nitrogen and oxygen atoms in total. The third-order valence-corrected chi connectivity index (χ3v) is 2.43. The van der Waals surface area contributed by atoms with Gasteiger partial charge in [-0.15, -0.1) is 0 Å². The second-order valence-corrected chi connectivity index (χ2v) is 3.83. The molecule has 17 heavy (non-hydrogen) atoms. The van der Waals surface area contributed by atoms with E-state index >= 15 is 0 Å². The molecule has 0 aliphatic carbocycles. The van der Waals surface area contributed by atoms with E-state index in [1.54, 1.807) is 12.4 Å². The normalized spacial score (nSPS) is 12.2. The Balaban J connectivity index is 2.18. The highest BCUT2D eigenvalue weighted by Gasteiger charge is 2.10. The van der Waals surface area contributed by atoms with Gasteiger partial charge in [0.1, 0.15) is 0 Å². The molecule has 2 heterocycles. The van der Waals surface area contributed by atoms with Crippen molar-refractivity contribution in [3.05, 3.63) is 47.4 Å². The molecule has 0 bridgehead atoms. The van der Waals surface area contributed by atoms with E-state index in [1.165, 1.54) is 0 Å². The summed E-state index contributed by atoms with van der Waals surface area (Å²) in [7, 11) is 0. The van der Waals surface area contributed by atoms with Gasteiger partial charge in [0.15, 0.2) is 11.6 Å². The molecule has 1 unspecified atom stereocenters. The summed E-state index contributed by atoms with van der Waals surface area (Å²) >= 11 is 5.61. The molecule has 1 atom stereocenters. The fourth-order valence-electron chi connectivity index (χ4n) is 1.37. The quantitative estimate of drug-likeness (QED) is 0.854. The van der Waals surface area contributed by atoms with Crippen molar-refractivity contribution < 1.29 is 4.39 Å². The van der Waals surface area contributed by atoms with Gasteiger partial charge in [-0.3, -0.25) is 4.98 Å². The maximum absolute atomic E-state index is 13.4. The Labute approximate surface area is 103 Å². The Kier molecular flexibility index (Phi) is 3.49. The van der Waals surface area contributed by atoms with Crippen LogP contribution in [0.1, 0.15) is 18.5 Å². The Morgan fingerprint density at radius 1 is 1.41 bits per heavy atom. The van der Waals surface area contributed by atoms with Crippen LogP contribution in [0.5, 0.6) is 0 Å². The summed E-state index contributed by atoms with van der Waals surface area (Å²) in [6.07, 6.45) is 4.42. The van der Waals surface area contributed by atoms with E-state index in [4.69, 9.17) is 11.6 Å². The van der Waals surface area contributed by atoms with Gasteiger partial charge in [-0.05, 0) is 30.2 Å². The van der Waals surface area contributed by atoms with Crippen LogP contribution in [0.4, 0.5) is 10.2 Å². The maximum Gasteiger partial charge on any atom is 0.224 e. The van der Waals surface area contributed by atoms with Crippen LogP contribution in [0.3, 0.4) is 0 Å². The molecule has 2 aromatic heterocycles. The summed E-state index contributed by atoms with van der Waals surface area (Å²) in [5.74, 6) is -0.452. The topological polar surface area (TPSA) is 50.7 Å². The first kappa shape index (κ1) is 11.7. The van der Waals surface area contributed by atoms with Crippen LogP contribution < -0.4 is 5.32 Å². The highest BCUT2D eigenvalue weighted by Crippen LogP contribution is 2.19. The Bertz CT molecular complexity index is 506. The Hall–Kier alpha value is -1.75. The molecule has 0 saturated heterocycles. The van der Waals surface area contributed by atoms with Crippen molar-refractivity contribution >= 4 is 17.4 Å². The van der Waals surface area contributed by atoms with E-state index in [2.05, 4.69) is 20.3 Å². The summed E-state index contributed by atoms with van der Waals surface area (Å²) in [4.78, 5) is 11.3. The molecule has 0 aliphatic heterocycles. The van der Waals surface area contributed by atoms with Crippen LogP contribution in [0.15, 0.2) is 30.7 Å². The molecule has 0 fully saturated rings. The number of nitrogens with one attached hydrogen (secondary N) is 1. The van der Waals surface area contributed by atoms with Crippen LogP contribution in [0.2, 0.25) is 5.28 Å². The first-order valence-electron chi connectivity index (χ1n) is 5.01. The maximum atomic E-state index is 13.4. The Morgan fingerprint density at radius 3 is 2.94 bits per heavy atom. The van der Waals surface area contributed by atoms with Crippen LogP contribution in [0, 0.1) is 5.82 Å². The van der Waals surface area contributed by atoms with E-state index in [1.807, 2.05) is 19.1 Å². The van der Waals surface area contributed by atoms with E-state index in [9.17, 15) is 4.39 Å². The minimum atomic E-state index is -0.537. The van der Waals surface area contributed by atoms with Crippen molar-refractivity contribution in [2.45, 2.75) is 13.0 Å². The molecule has 0 amide bonds. The summed E-state index contributed by atoms with van der Waals surface area (Å²) in [6.45, 7) is 1.88. The van der Waals surface area contributed by atoms with Gasteiger partial charge in [0.05, 0.1) is 12.2 Å². The Morgan fingerprint density at radius 2 is 2.24 bits per heavy atom. The van der Waals surface area contributed by atoms with Crippen molar-refractivity contribution in [2.24, 2.45) is 0 Å². The van der Waals surface area contributed by atoms with Gasteiger partial charge in [-0.25, -0.2) is 9.37 Å². The molecule has 0 saturated carbocycles. The zero-order chi connectivity index (χ0) is 12.3. The summed E-state index contributed by atoms with van der Waals surface area (Å²) in [5.41, 5.74) is 0.932. The first-order valence-corrected chi connectivity index (χ1v) is 5.39. The van der Waals surface area contributed by atoms with Crippen molar-refractivity contribution in [1.29, 1.82) is 0 Å². The lowest BCUT2D eigenvalue weighted by molar-refractivity contribution is 0.613. The minimum absolute atomic E-state index is 0.00675. The first-order chi connectivity index (χ1) is 8.16. The van der Waals surface area contributed by atoms with Crippen LogP contribution in [0.25, 0.3) is 0 Å². The molecule has 1 N–H and O–H groups in total. The monoisotopic (exact) mass is 252 g/mol. The molecular weight excluding hydrogens is 243 g/mol. The molecule has 6 heteroatoms. The lowest BCUT2D eigenvalue weighted by Crippen LogP contribution is -2.10. The predicted octanol–water partition coefficient (Wildman–Crippen LogP) is 2.84. The number of rotatable bonds is 3. The van der Waals surface area contributed by atoms with Crippen molar-refractivity contribution in [2.75, 3.05) is 5.32 Å². The smallest absolute Gasteiger partial charge is 0.224 e. The summed E-state index contributed by atoms with van der Waals surface area (Å²) in [5, 5.41) is 2.92. The third-order valence-electron chi connectivity index (χ3n) is 2.25. The van der Waals surface area contributed by atoms with Crippen LogP contribution >= 0.6 is 11.6 Å². The fraction of sp³-hybridized carbons (Fsp3) is 0.182. The van der Waals surface area contributed by atoms with E-state index in [-0.39, 0.29) is 17.1 Å². The van der Waals surface area contributed by atoms with E-state index in [0.717, 1.165) is 11.8 Å². The second kappa shape index (κ2) is 5.05. The number of hydrogen-bond donors (Lipinski definition) is 1. The average molecular weight is 253 g/mol. The third kappa shape index (κ3) is 2.88. The highest BCUT2D eigenvalue weighted by molar-refractivity contribution is 6.28. The number of aromatic nitrogens is 3. The van der Waals surface area contributed by atoms with Gasteiger partial charge in [-0.2, -0.15) is 4.98 Å². The standard InChI is InChI=1S/C11H10ClFN4/c1-7(8-3-2-4-14-5-8)16-10-9(13)6-15-11(12)17-10/h2-7H,1H3,(H,15,16,17). The molecular formula is C11H10ClFN4. The van der Waals surface area contributed by atoms with E-state index < -0.39 is 5.82 Å². The number of nitrogens with zero attached hydrogens (tertiary/aromatic N) is 3. The molecule has 2 aromatic rings. The van der Waals surface area contributed by atoms with Crippen molar-refractivity contribution in [3.63, 3.8) is 0 Å². The lowest BCUT2D eigenvalue weighted by atomic mass is 10.1. The summed E-state index contributed by atoms with van der Waals surface area (Å²) < 4.78 is 13.4. The zero-order valence-corrected chi connectivity index (χ0v) is 9.82. The van der Waals surface area contributed by atoms with Gasteiger partial charge in [-0.1, -0.05) is 6.07 Å². The summed E-state index contributed by atoms with van der Waals surface area (Å²) in [6, 6.07) is 3.59. The van der Waals surface area contributed by atoms with Gasteiger partial charge < -0.3 is 5.32 Å².